The van der Waals surface area contributed by atoms with Crippen molar-refractivity contribution in [3.05, 3.63) is 0 Å². The number of fused-ring (bicyclic) bond motifs is 2. The van der Waals surface area contributed by atoms with E-state index in [-0.39, 0.29) is 48.4 Å². The molecule has 0 spiro atoms. The van der Waals surface area contributed by atoms with Crippen LogP contribution in [0.2, 0.25) is 0 Å². The Morgan fingerprint density at radius 2 is 1.47 bits per heavy atom. The van der Waals surface area contributed by atoms with Crippen LogP contribution in [0, 0.1) is 17.8 Å². The molecule has 0 bridgehead atoms. The number of nitrogens with one attached hydrogen (secondary N) is 4. The smallest absolute Gasteiger partial charge is 0.331 e. The molecule has 4 rings (SSSR count). The summed E-state index contributed by atoms with van der Waals surface area (Å²) < 4.78 is 11.9. The highest BCUT2D eigenvalue weighted by Gasteiger charge is 2.57. The molecule has 0 saturated carbocycles. The first-order valence-corrected chi connectivity index (χ1v) is 21.2. The number of amides is 6. The summed E-state index contributed by atoms with van der Waals surface area (Å²) in [5, 5.41) is 52.7. The van der Waals surface area contributed by atoms with Gasteiger partial charge in [0.25, 0.3) is 29.5 Å². The van der Waals surface area contributed by atoms with Gasteiger partial charge < -0.3 is 30.3 Å². The van der Waals surface area contributed by atoms with Crippen molar-refractivity contribution in [2.75, 3.05) is 19.6 Å². The molecule has 4 heterocycles. The maximum absolute atomic E-state index is 14.8. The number of ether oxygens (including phenoxy) is 2. The molecule has 4 fully saturated rings. The van der Waals surface area contributed by atoms with Gasteiger partial charge in [0.05, 0.1) is 12.6 Å². The van der Waals surface area contributed by atoms with E-state index in [9.17, 15) is 54.2 Å². The number of hydrogen-bond acceptors (Lipinski definition) is 15. The fraction of sp³-hybridized carbons (Fsp3) is 0.821. The SMILES string of the molecule is CC[C@H]1O[C@](O)([C@](C)(O)C(=O)N[C@@H]2C(=O)N3NCCC[C@H]3C(=O)N(O)[C@@H](C)C(=O)NCC(=O)N3NCCC[C@H]3C(=O)N(O)[C@H](C)C(=O)O[C@@H]2C(C)C)CC[C@@H]1CCC(C)C. The number of esters is 1. The second kappa shape index (κ2) is 20.3. The predicted octanol–water partition coefficient (Wildman–Crippen LogP) is -0.546. The lowest BCUT2D eigenvalue weighted by Crippen LogP contribution is -2.70. The van der Waals surface area contributed by atoms with Crippen LogP contribution >= 0.6 is 0 Å². The van der Waals surface area contributed by atoms with Gasteiger partial charge in [0.2, 0.25) is 11.7 Å². The minimum Gasteiger partial charge on any atom is -0.458 e. The summed E-state index contributed by atoms with van der Waals surface area (Å²) in [6.07, 6.45) is 1.09. The van der Waals surface area contributed by atoms with Crippen molar-refractivity contribution in [1.29, 1.82) is 0 Å². The van der Waals surface area contributed by atoms with Crippen molar-refractivity contribution in [1.82, 2.24) is 41.6 Å². The lowest BCUT2D eigenvalue weighted by atomic mass is 9.79. The molecule has 340 valence electrons. The first-order valence-electron chi connectivity index (χ1n) is 21.2. The van der Waals surface area contributed by atoms with E-state index in [1.807, 2.05) is 6.92 Å². The average molecular weight is 855 g/mol. The Bertz CT molecular complexity index is 1600. The highest BCUT2D eigenvalue weighted by atomic mass is 16.6. The topological polar surface area (TPSA) is 280 Å². The molecule has 21 nitrogen and oxygen atoms in total. The third-order valence-corrected chi connectivity index (χ3v) is 12.1. The number of cyclic esters (lactones) is 1. The maximum Gasteiger partial charge on any atom is 0.331 e. The number of hydrazine groups is 2. The number of carbonyl (C=O) groups is 7. The number of aliphatic hydroxyl groups is 2. The summed E-state index contributed by atoms with van der Waals surface area (Å²) in [5.41, 5.74) is 2.86. The van der Waals surface area contributed by atoms with Crippen molar-refractivity contribution in [2.45, 2.75) is 167 Å². The van der Waals surface area contributed by atoms with Crippen molar-refractivity contribution in [3.63, 3.8) is 0 Å². The van der Waals surface area contributed by atoms with Gasteiger partial charge in [-0.15, -0.1) is 0 Å². The number of hydrogen-bond donors (Lipinski definition) is 8. The van der Waals surface area contributed by atoms with Crippen molar-refractivity contribution in [3.8, 4) is 0 Å². The zero-order chi connectivity index (χ0) is 44.9. The molecular weight excluding hydrogens is 788 g/mol. The number of nitrogens with zero attached hydrogens (tertiary/aromatic N) is 4. The molecule has 4 aliphatic rings. The second-order valence-electron chi connectivity index (χ2n) is 17.3. The number of rotatable bonds is 8. The normalized spacial score (nSPS) is 33.3. The number of carbonyl (C=O) groups excluding carboxylic acids is 7. The Morgan fingerprint density at radius 1 is 0.900 bits per heavy atom. The van der Waals surface area contributed by atoms with Gasteiger partial charge in [-0.3, -0.25) is 49.2 Å². The fourth-order valence-electron chi connectivity index (χ4n) is 8.06. The van der Waals surface area contributed by atoms with E-state index in [0.29, 0.717) is 31.6 Å². The third kappa shape index (κ3) is 10.5. The molecule has 0 radical (unpaired) electrons. The summed E-state index contributed by atoms with van der Waals surface area (Å²) >= 11 is 0. The van der Waals surface area contributed by atoms with Gasteiger partial charge in [-0.25, -0.2) is 25.8 Å². The molecule has 6 amide bonds. The molecule has 21 heteroatoms. The third-order valence-electron chi connectivity index (χ3n) is 12.1. The molecule has 8 N–H and O–H groups in total. The van der Waals surface area contributed by atoms with Crippen LogP contribution in [0.25, 0.3) is 0 Å². The first kappa shape index (κ1) is 48.7. The van der Waals surface area contributed by atoms with E-state index < -0.39 is 108 Å². The summed E-state index contributed by atoms with van der Waals surface area (Å²) in [6, 6.07) is -8.05. The minimum atomic E-state index is -2.70. The molecule has 10 atom stereocenters. The van der Waals surface area contributed by atoms with Crippen LogP contribution in [0.5, 0.6) is 0 Å². The summed E-state index contributed by atoms with van der Waals surface area (Å²) in [7, 11) is 0. The fourth-order valence-corrected chi connectivity index (χ4v) is 8.06. The Hall–Kier alpha value is -3.99. The van der Waals surface area contributed by atoms with E-state index in [0.717, 1.165) is 36.7 Å². The van der Waals surface area contributed by atoms with E-state index in [2.05, 4.69) is 35.3 Å². The predicted molar refractivity (Wildman–Crippen MR) is 209 cm³/mol. The van der Waals surface area contributed by atoms with Gasteiger partial charge in [0, 0.05) is 19.5 Å². The van der Waals surface area contributed by atoms with Crippen LogP contribution < -0.4 is 21.5 Å². The van der Waals surface area contributed by atoms with Gasteiger partial charge in [-0.2, -0.15) is 0 Å². The monoisotopic (exact) mass is 854 g/mol. The molecule has 4 saturated heterocycles. The molecular formula is C39H66N8O13. The maximum atomic E-state index is 14.8. The Labute approximate surface area is 350 Å². The highest BCUT2D eigenvalue weighted by Crippen LogP contribution is 2.41. The molecule has 0 unspecified atom stereocenters. The van der Waals surface area contributed by atoms with Gasteiger partial charge in [0.15, 0.2) is 11.6 Å². The van der Waals surface area contributed by atoms with Crippen molar-refractivity contribution < 1.29 is 63.7 Å². The molecule has 60 heavy (non-hydrogen) atoms. The Kier molecular flexibility index (Phi) is 16.4. The number of hydroxylamine groups is 4. The van der Waals surface area contributed by atoms with Gasteiger partial charge in [-0.1, -0.05) is 41.0 Å². The van der Waals surface area contributed by atoms with Crippen LogP contribution in [0.15, 0.2) is 0 Å². The van der Waals surface area contributed by atoms with Crippen LogP contribution in [0.4, 0.5) is 0 Å². The van der Waals surface area contributed by atoms with Crippen LogP contribution in [0.3, 0.4) is 0 Å². The first-order chi connectivity index (χ1) is 28.1. The van der Waals surface area contributed by atoms with Crippen molar-refractivity contribution >= 4 is 41.4 Å². The molecule has 0 aliphatic carbocycles. The van der Waals surface area contributed by atoms with E-state index >= 15 is 0 Å². The van der Waals surface area contributed by atoms with Gasteiger partial charge in [0.1, 0.15) is 30.3 Å². The van der Waals surface area contributed by atoms with Gasteiger partial charge in [-0.05, 0) is 83.5 Å². The molecule has 0 aromatic heterocycles. The lowest BCUT2D eigenvalue weighted by molar-refractivity contribution is -0.328. The largest absolute Gasteiger partial charge is 0.458 e. The highest BCUT2D eigenvalue weighted by molar-refractivity contribution is 5.97. The summed E-state index contributed by atoms with van der Waals surface area (Å²) in [4.78, 5) is 97.0. The van der Waals surface area contributed by atoms with Crippen LogP contribution in [-0.4, -0.2) is 156 Å². The van der Waals surface area contributed by atoms with Crippen LogP contribution in [-0.2, 0) is 43.0 Å². The quantitative estimate of drug-likeness (QED) is 0.112. The van der Waals surface area contributed by atoms with E-state index in [4.69, 9.17) is 9.47 Å². The Morgan fingerprint density at radius 3 is 2.03 bits per heavy atom. The molecule has 0 aromatic rings. The van der Waals surface area contributed by atoms with Crippen LogP contribution in [0.1, 0.15) is 113 Å². The zero-order valence-electron chi connectivity index (χ0n) is 36.0. The summed E-state index contributed by atoms with van der Waals surface area (Å²) in [6.45, 7) is 12.2. The van der Waals surface area contributed by atoms with E-state index in [1.54, 1.807) is 13.8 Å². The minimum absolute atomic E-state index is 0.0312. The zero-order valence-corrected chi connectivity index (χ0v) is 36.0. The van der Waals surface area contributed by atoms with Gasteiger partial charge >= 0.3 is 5.97 Å². The molecule has 4 aliphatic heterocycles. The molecule has 0 aromatic carbocycles. The average Bonchev–Trinajstić information content (AvgIpc) is 3.23. The Balaban J connectivity index is 1.76. The summed E-state index contributed by atoms with van der Waals surface area (Å²) in [5.74, 6) is -10.3. The van der Waals surface area contributed by atoms with Crippen molar-refractivity contribution in [2.24, 2.45) is 17.8 Å². The second-order valence-corrected chi connectivity index (χ2v) is 17.3. The van der Waals surface area contributed by atoms with E-state index in [1.165, 1.54) is 6.92 Å². The standard InChI is InChI=1S/C39H66N8O13/c1-9-28-25(15-14-21(2)3)16-17-39(56,60-28)38(8,55)37(54)43-30-31(22(4)5)59-36(53)24(7)47(58)33(50)26-12-10-18-41-44(26)29(48)20-40-32(49)23(6)46(57)34(51)27-13-11-19-42-45(27)35(30)52/h21-28,30-31,41-42,55-58H,9-20H2,1-8H3,(H,40,49)(H,43,54)/t23-,24+,25-,26-,27-,28+,30-,31+,38+,39-/m0/s1. The lowest BCUT2D eigenvalue weighted by Gasteiger charge is -2.48.